The van der Waals surface area contributed by atoms with Crippen LogP contribution in [0.3, 0.4) is 0 Å². The number of hydrazine groups is 1. The van der Waals surface area contributed by atoms with E-state index in [4.69, 9.17) is 0 Å². The molecular weight excluding hydrogens is 526 g/mol. The number of amides is 3. The first-order valence-corrected chi connectivity index (χ1v) is 12.7. The Labute approximate surface area is 227 Å². The normalized spacial score (nSPS) is 25.8. The molecule has 1 fully saturated rings. The number of hydrogen-bond donors (Lipinski definition) is 6. The number of phenols is 1. The second-order valence-corrected chi connectivity index (χ2v) is 10.4. The number of ketones is 2. The molecule has 3 aliphatic rings. The minimum atomic E-state index is -1.60. The molecule has 5 unspecified atom stereocenters. The Balaban J connectivity index is 1.41. The highest BCUT2D eigenvalue weighted by molar-refractivity contribution is 7.80. The molecule has 2 aromatic carbocycles. The summed E-state index contributed by atoms with van der Waals surface area (Å²) in [6, 6.07) is 9.61. The van der Waals surface area contributed by atoms with Crippen molar-refractivity contribution < 1.29 is 39.3 Å². The van der Waals surface area contributed by atoms with Gasteiger partial charge in [0.15, 0.2) is 11.6 Å². The van der Waals surface area contributed by atoms with Gasteiger partial charge in [0.1, 0.15) is 17.1 Å². The van der Waals surface area contributed by atoms with E-state index >= 15 is 0 Å². The molecule has 3 amide bonds. The molecule has 0 bridgehead atoms. The van der Waals surface area contributed by atoms with Gasteiger partial charge in [0.25, 0.3) is 11.8 Å². The summed E-state index contributed by atoms with van der Waals surface area (Å²) < 4.78 is 0. The number of aliphatic hydroxyl groups is 2. The molecule has 5 rings (SSSR count). The van der Waals surface area contributed by atoms with Crippen molar-refractivity contribution in [1.82, 2.24) is 10.9 Å². The second-order valence-electron chi connectivity index (χ2n) is 9.88. The van der Waals surface area contributed by atoms with Crippen LogP contribution in [0.2, 0.25) is 0 Å². The van der Waals surface area contributed by atoms with Gasteiger partial charge in [-0.15, -0.1) is 12.6 Å². The number of anilines is 1. The molecule has 1 heterocycles. The fraction of sp³-hybridized carbons (Fsp3) is 0.296. The van der Waals surface area contributed by atoms with Crippen LogP contribution >= 0.6 is 12.6 Å². The third-order valence-electron chi connectivity index (χ3n) is 7.64. The van der Waals surface area contributed by atoms with Crippen LogP contribution in [0.15, 0.2) is 58.7 Å². The van der Waals surface area contributed by atoms with Gasteiger partial charge in [-0.1, -0.05) is 6.07 Å². The first-order chi connectivity index (χ1) is 18.5. The number of thiol groups is 1. The quantitative estimate of drug-likeness (QED) is 0.185. The van der Waals surface area contributed by atoms with E-state index in [0.717, 1.165) is 0 Å². The molecule has 202 valence electrons. The molecule has 5 atom stereocenters. The van der Waals surface area contributed by atoms with Crippen LogP contribution in [0.1, 0.15) is 40.5 Å². The number of carbonyl (C=O) groups excluding carboxylic acids is 5. The van der Waals surface area contributed by atoms with Gasteiger partial charge in [-0.3, -0.25) is 34.8 Å². The van der Waals surface area contributed by atoms with Gasteiger partial charge >= 0.3 is 0 Å². The zero-order chi connectivity index (χ0) is 28.2. The molecule has 0 saturated heterocycles. The minimum absolute atomic E-state index is 0.0926. The SMILES string of the molecule is CC(=O)N1c2cccc(O)c2C(=O)C2C(O)C3C(=O)C(C(=O)NNC(=O)c4ccc(S)cc4)=C(O)CC3CC21. The van der Waals surface area contributed by atoms with Crippen LogP contribution in [0, 0.1) is 17.8 Å². The van der Waals surface area contributed by atoms with Crippen molar-refractivity contribution in [1.29, 1.82) is 0 Å². The highest BCUT2D eigenvalue weighted by atomic mass is 32.1. The number of aromatic hydroxyl groups is 1. The molecular formula is C27H25N3O8S. The lowest BCUT2D eigenvalue weighted by Gasteiger charge is -2.51. The van der Waals surface area contributed by atoms with Crippen LogP contribution < -0.4 is 15.8 Å². The number of aliphatic hydroxyl groups excluding tert-OH is 2. The predicted octanol–water partition coefficient (Wildman–Crippen LogP) is 1.46. The van der Waals surface area contributed by atoms with Gasteiger partial charge in [0, 0.05) is 29.8 Å². The first-order valence-electron chi connectivity index (χ1n) is 12.2. The molecule has 1 aliphatic heterocycles. The van der Waals surface area contributed by atoms with Gasteiger partial charge in [-0.25, -0.2) is 0 Å². The molecule has 5 N–H and O–H groups in total. The number of hydrogen-bond acceptors (Lipinski definition) is 9. The highest BCUT2D eigenvalue weighted by Crippen LogP contribution is 2.50. The monoisotopic (exact) mass is 551 g/mol. The van der Waals surface area contributed by atoms with Gasteiger partial charge in [-0.2, -0.15) is 0 Å². The number of phenolic OH excluding ortho intramolecular Hbond substituents is 1. The van der Waals surface area contributed by atoms with Crippen LogP contribution in [0.25, 0.3) is 0 Å². The third-order valence-corrected chi connectivity index (χ3v) is 7.94. The number of nitrogens with one attached hydrogen (secondary N) is 2. The maximum atomic E-state index is 13.5. The van der Waals surface area contributed by atoms with Crippen LogP contribution in [-0.2, 0) is 14.4 Å². The van der Waals surface area contributed by atoms with E-state index < -0.39 is 70.5 Å². The molecule has 39 heavy (non-hydrogen) atoms. The van der Waals surface area contributed by atoms with Crippen molar-refractivity contribution in [2.75, 3.05) is 4.90 Å². The largest absolute Gasteiger partial charge is 0.511 e. The highest BCUT2D eigenvalue weighted by Gasteiger charge is 2.57. The van der Waals surface area contributed by atoms with Crippen molar-refractivity contribution in [2.24, 2.45) is 17.8 Å². The fourth-order valence-electron chi connectivity index (χ4n) is 6.00. The lowest BCUT2D eigenvalue weighted by molar-refractivity contribution is -0.134. The van der Waals surface area contributed by atoms with Crippen molar-refractivity contribution in [3.8, 4) is 5.75 Å². The smallest absolute Gasteiger partial charge is 0.276 e. The molecule has 11 nitrogen and oxygen atoms in total. The van der Waals surface area contributed by atoms with E-state index in [1.165, 1.54) is 42.2 Å². The van der Waals surface area contributed by atoms with E-state index in [1.54, 1.807) is 12.1 Å². The van der Waals surface area contributed by atoms with E-state index in [0.29, 0.717) is 4.90 Å². The molecule has 0 spiro atoms. The average molecular weight is 552 g/mol. The Morgan fingerprint density at radius 3 is 2.28 bits per heavy atom. The van der Waals surface area contributed by atoms with E-state index in [9.17, 15) is 39.3 Å². The van der Waals surface area contributed by atoms with Crippen molar-refractivity contribution in [3.05, 3.63) is 64.9 Å². The van der Waals surface area contributed by atoms with Gasteiger partial charge < -0.3 is 20.2 Å². The Bertz CT molecular complexity index is 1450. The van der Waals surface area contributed by atoms with Crippen LogP contribution in [0.5, 0.6) is 5.75 Å². The molecule has 2 aromatic rings. The number of carbonyl (C=O) groups is 5. The Kier molecular flexibility index (Phi) is 6.69. The number of nitrogens with zero attached hydrogens (tertiary/aromatic N) is 1. The third kappa shape index (κ3) is 4.35. The van der Waals surface area contributed by atoms with Crippen molar-refractivity contribution in [2.45, 2.75) is 36.8 Å². The summed E-state index contributed by atoms with van der Waals surface area (Å²) in [7, 11) is 0. The number of fused-ring (bicyclic) bond motifs is 3. The zero-order valence-electron chi connectivity index (χ0n) is 20.6. The van der Waals surface area contributed by atoms with Gasteiger partial charge in [0.2, 0.25) is 5.91 Å². The summed E-state index contributed by atoms with van der Waals surface area (Å²) in [5.41, 5.74) is 3.96. The lowest BCUT2D eigenvalue weighted by Crippen LogP contribution is -2.62. The molecule has 2 aliphatic carbocycles. The zero-order valence-corrected chi connectivity index (χ0v) is 21.5. The summed E-state index contributed by atoms with van der Waals surface area (Å²) in [6.07, 6.45) is -1.67. The van der Waals surface area contributed by atoms with Crippen LogP contribution in [0.4, 0.5) is 5.69 Å². The van der Waals surface area contributed by atoms with Crippen LogP contribution in [-0.4, -0.2) is 56.8 Å². The summed E-state index contributed by atoms with van der Waals surface area (Å²) in [4.78, 5) is 66.8. The van der Waals surface area contributed by atoms with Crippen molar-refractivity contribution >= 4 is 47.6 Å². The number of rotatable bonds is 2. The fourth-order valence-corrected chi connectivity index (χ4v) is 6.15. The standard InChI is InChI=1S/C27H25N3O8S/c1-11(31)30-15-3-2-4-17(32)20(15)25(36)21-16(30)9-13-10-18(33)22(24(35)19(13)23(21)34)27(38)29-28-26(37)12-5-7-14(39)8-6-12/h2-8,13,16,19,21,23,32-34,39H,9-10H2,1H3,(H,28,37)(H,29,38). The number of Topliss-reactive ketones (excluding diaryl/α,β-unsaturated/α-hetero) is 2. The molecule has 0 radical (unpaired) electrons. The Morgan fingerprint density at radius 1 is 0.949 bits per heavy atom. The minimum Gasteiger partial charge on any atom is -0.511 e. The number of allylic oxidation sites excluding steroid dienone is 1. The van der Waals surface area contributed by atoms with Gasteiger partial charge in [0.05, 0.1) is 29.2 Å². The Morgan fingerprint density at radius 2 is 1.62 bits per heavy atom. The average Bonchev–Trinajstić information content (AvgIpc) is 2.87. The lowest BCUT2D eigenvalue weighted by atomic mass is 9.60. The molecule has 1 saturated carbocycles. The molecule has 0 aromatic heterocycles. The molecule has 12 heteroatoms. The van der Waals surface area contributed by atoms with E-state index in [2.05, 4.69) is 23.5 Å². The number of benzene rings is 2. The van der Waals surface area contributed by atoms with E-state index in [-0.39, 0.29) is 35.4 Å². The first kappa shape index (κ1) is 26.4. The second kappa shape index (κ2) is 9.86. The van der Waals surface area contributed by atoms with Crippen molar-refractivity contribution in [3.63, 3.8) is 0 Å². The maximum absolute atomic E-state index is 13.5. The Hall–Kier alpha value is -4.16. The maximum Gasteiger partial charge on any atom is 0.276 e. The van der Waals surface area contributed by atoms with Gasteiger partial charge in [-0.05, 0) is 48.7 Å². The summed E-state index contributed by atoms with van der Waals surface area (Å²) >= 11 is 4.14. The topological polar surface area (TPSA) is 173 Å². The van der Waals surface area contributed by atoms with E-state index in [1.807, 2.05) is 0 Å². The predicted molar refractivity (Wildman–Crippen MR) is 139 cm³/mol. The summed E-state index contributed by atoms with van der Waals surface area (Å²) in [5.74, 6) is -7.69. The summed E-state index contributed by atoms with van der Waals surface area (Å²) in [5, 5.41) is 32.4. The summed E-state index contributed by atoms with van der Waals surface area (Å²) in [6.45, 7) is 1.30.